The molecule has 160 valence electrons. The van der Waals surface area contributed by atoms with E-state index in [-0.39, 0.29) is 34.3 Å². The molecule has 0 aliphatic carbocycles. The Balaban J connectivity index is 2.07. The second-order valence-corrected chi connectivity index (χ2v) is 7.46. The highest BCUT2D eigenvalue weighted by Gasteiger charge is 2.44. The summed E-state index contributed by atoms with van der Waals surface area (Å²) in [4.78, 5) is 21.0. The molecule has 0 saturated carbocycles. The van der Waals surface area contributed by atoms with Crippen LogP contribution < -0.4 is 0 Å². The number of nitrogens with zero attached hydrogens (tertiary/aromatic N) is 2. The number of esters is 1. The molecule has 0 fully saturated rings. The van der Waals surface area contributed by atoms with Gasteiger partial charge in [-0.25, -0.2) is 9.18 Å². The highest BCUT2D eigenvalue weighted by Crippen LogP contribution is 2.40. The number of rotatable bonds is 4. The molecule has 30 heavy (non-hydrogen) atoms. The van der Waals surface area contributed by atoms with Gasteiger partial charge in [0.2, 0.25) is 5.60 Å². The molecule has 1 atom stereocenters. The molecule has 0 radical (unpaired) electrons. The van der Waals surface area contributed by atoms with E-state index >= 15 is 0 Å². The van der Waals surface area contributed by atoms with Gasteiger partial charge in [0.05, 0.1) is 33.6 Å². The molecule has 1 aliphatic heterocycles. The lowest BCUT2D eigenvalue weighted by Crippen LogP contribution is -2.37. The number of aromatic nitrogens is 1. The first-order chi connectivity index (χ1) is 14.0. The van der Waals surface area contributed by atoms with Crippen LogP contribution >= 0.6 is 23.2 Å². The number of benzene rings is 1. The summed E-state index contributed by atoms with van der Waals surface area (Å²) in [6, 6.07) is 2.60. The Morgan fingerprint density at radius 1 is 1.27 bits per heavy atom. The summed E-state index contributed by atoms with van der Waals surface area (Å²) in [6.45, 7) is 3.19. The van der Waals surface area contributed by atoms with E-state index in [0.29, 0.717) is 6.07 Å². The van der Waals surface area contributed by atoms with Gasteiger partial charge < -0.3 is 9.57 Å². The van der Waals surface area contributed by atoms with Crippen molar-refractivity contribution in [2.45, 2.75) is 32.0 Å². The Kier molecular flexibility index (Phi) is 5.97. The minimum Gasteiger partial charge on any atom is -0.463 e. The molecule has 1 unspecified atom stereocenters. The highest BCUT2D eigenvalue weighted by molar-refractivity contribution is 6.34. The third kappa shape index (κ3) is 4.22. The van der Waals surface area contributed by atoms with Crippen molar-refractivity contribution in [3.63, 3.8) is 0 Å². The maximum absolute atomic E-state index is 14.6. The van der Waals surface area contributed by atoms with E-state index in [1.807, 2.05) is 0 Å². The second kappa shape index (κ2) is 8.03. The molecular weight excluding hydrogens is 451 g/mol. The normalized spacial score (nSPS) is 18.7. The number of alkyl halides is 3. The van der Waals surface area contributed by atoms with Crippen molar-refractivity contribution in [2.24, 2.45) is 5.16 Å². The molecule has 5 nitrogen and oxygen atoms in total. The highest BCUT2D eigenvalue weighted by atomic mass is 35.5. The van der Waals surface area contributed by atoms with E-state index < -0.39 is 40.4 Å². The SMILES string of the molecule is CCOC(=O)C1(C)CC(c2cc(-c3ncc(Cl)cc3C(F)(F)F)c(F)cc2Cl)=NO1. The first kappa shape index (κ1) is 22.3. The van der Waals surface area contributed by atoms with Gasteiger partial charge in [-0.1, -0.05) is 28.4 Å². The number of ether oxygens (including phenoxy) is 1. The van der Waals surface area contributed by atoms with Crippen molar-refractivity contribution in [2.75, 3.05) is 6.61 Å². The van der Waals surface area contributed by atoms with Gasteiger partial charge in [0.25, 0.3) is 0 Å². The van der Waals surface area contributed by atoms with E-state index in [2.05, 4.69) is 10.1 Å². The van der Waals surface area contributed by atoms with Gasteiger partial charge in [0.15, 0.2) is 0 Å². The van der Waals surface area contributed by atoms with Crippen molar-refractivity contribution < 1.29 is 31.9 Å². The Bertz CT molecular complexity index is 1040. The van der Waals surface area contributed by atoms with Crippen LogP contribution in [0.3, 0.4) is 0 Å². The maximum atomic E-state index is 14.6. The lowest BCUT2D eigenvalue weighted by Gasteiger charge is -2.18. The lowest BCUT2D eigenvalue weighted by molar-refractivity contribution is -0.166. The third-order valence-corrected chi connectivity index (χ3v) is 4.87. The van der Waals surface area contributed by atoms with Crippen molar-refractivity contribution >= 4 is 34.9 Å². The van der Waals surface area contributed by atoms with Crippen molar-refractivity contribution in [1.29, 1.82) is 0 Å². The summed E-state index contributed by atoms with van der Waals surface area (Å²) in [5.41, 5.74) is -3.49. The molecule has 0 amide bonds. The minimum atomic E-state index is -4.82. The number of hydrogen-bond acceptors (Lipinski definition) is 5. The molecule has 0 spiro atoms. The Morgan fingerprint density at radius 3 is 2.60 bits per heavy atom. The van der Waals surface area contributed by atoms with Crippen molar-refractivity contribution in [1.82, 2.24) is 4.98 Å². The predicted octanol–water partition coefficient (Wildman–Crippen LogP) is 5.66. The molecule has 1 aromatic heterocycles. The van der Waals surface area contributed by atoms with Gasteiger partial charge in [-0.3, -0.25) is 4.98 Å². The molecule has 0 saturated heterocycles. The van der Waals surface area contributed by atoms with Crippen LogP contribution in [0, 0.1) is 5.82 Å². The Morgan fingerprint density at radius 2 is 1.97 bits per heavy atom. The zero-order chi connectivity index (χ0) is 22.3. The molecule has 0 bridgehead atoms. The average molecular weight is 465 g/mol. The zero-order valence-corrected chi connectivity index (χ0v) is 17.1. The zero-order valence-electron chi connectivity index (χ0n) is 15.6. The lowest BCUT2D eigenvalue weighted by atomic mass is 9.94. The summed E-state index contributed by atoms with van der Waals surface area (Å²) >= 11 is 11.7. The fourth-order valence-electron chi connectivity index (χ4n) is 2.90. The van der Waals surface area contributed by atoms with Gasteiger partial charge in [0, 0.05) is 23.7 Å². The molecule has 2 heterocycles. The second-order valence-electron chi connectivity index (χ2n) is 6.62. The molecule has 0 N–H and O–H groups in total. The number of halogens is 6. The number of oxime groups is 1. The summed E-state index contributed by atoms with van der Waals surface area (Å²) in [5, 5.41) is 3.45. The van der Waals surface area contributed by atoms with Crippen LogP contribution in [0.15, 0.2) is 29.6 Å². The van der Waals surface area contributed by atoms with Crippen LogP contribution in [-0.2, 0) is 20.5 Å². The predicted molar refractivity (Wildman–Crippen MR) is 102 cm³/mol. The fraction of sp³-hybridized carbons (Fsp3) is 0.316. The number of pyridine rings is 1. The van der Waals surface area contributed by atoms with E-state index in [0.717, 1.165) is 18.3 Å². The Labute approximate surface area is 178 Å². The van der Waals surface area contributed by atoms with Crippen LogP contribution in [0.25, 0.3) is 11.3 Å². The van der Waals surface area contributed by atoms with Crippen molar-refractivity contribution in [3.8, 4) is 11.3 Å². The van der Waals surface area contributed by atoms with E-state index in [4.69, 9.17) is 32.8 Å². The molecule has 3 rings (SSSR count). The van der Waals surface area contributed by atoms with Crippen LogP contribution in [0.1, 0.15) is 31.4 Å². The smallest absolute Gasteiger partial charge is 0.418 e. The average Bonchev–Trinajstić information content (AvgIpc) is 3.05. The summed E-state index contributed by atoms with van der Waals surface area (Å²) in [6.07, 6.45) is -3.92. The summed E-state index contributed by atoms with van der Waals surface area (Å²) < 4.78 is 59.9. The topological polar surface area (TPSA) is 60.8 Å². The standard InChI is InChI=1S/C19H14Cl2F4N2O3/c1-3-29-17(28)18(2)7-15(27-30-18)10-5-11(14(22)6-13(10)21)16-12(19(23,24)25)4-9(20)8-26-16/h4-6,8H,3,7H2,1-2H3. The largest absolute Gasteiger partial charge is 0.463 e. The molecular formula is C19H14Cl2F4N2O3. The van der Waals surface area contributed by atoms with Gasteiger partial charge in [-0.2, -0.15) is 13.2 Å². The van der Waals surface area contributed by atoms with Gasteiger partial charge in [0.1, 0.15) is 5.82 Å². The third-order valence-electron chi connectivity index (χ3n) is 4.35. The first-order valence-corrected chi connectivity index (χ1v) is 9.36. The van der Waals surface area contributed by atoms with Gasteiger partial charge in [-0.15, -0.1) is 0 Å². The van der Waals surface area contributed by atoms with E-state index in [1.165, 1.54) is 6.92 Å². The summed E-state index contributed by atoms with van der Waals surface area (Å²) in [5.74, 6) is -1.68. The Hall–Kier alpha value is -2.39. The van der Waals surface area contributed by atoms with Crippen LogP contribution in [0.4, 0.5) is 17.6 Å². The maximum Gasteiger partial charge on any atom is 0.418 e. The quantitative estimate of drug-likeness (QED) is 0.432. The number of carbonyl (C=O) groups is 1. The van der Waals surface area contributed by atoms with Crippen molar-refractivity contribution in [3.05, 3.63) is 51.4 Å². The van der Waals surface area contributed by atoms with Crippen LogP contribution in [-0.4, -0.2) is 28.9 Å². The van der Waals surface area contributed by atoms with Crippen LogP contribution in [0.5, 0.6) is 0 Å². The molecule has 1 aliphatic rings. The molecule has 11 heteroatoms. The fourth-order valence-corrected chi connectivity index (χ4v) is 3.32. The van der Waals surface area contributed by atoms with E-state index in [9.17, 15) is 22.4 Å². The van der Waals surface area contributed by atoms with Crippen LogP contribution in [0.2, 0.25) is 10.0 Å². The van der Waals surface area contributed by atoms with Gasteiger partial charge in [-0.05, 0) is 32.0 Å². The number of hydrogen-bond donors (Lipinski definition) is 0. The molecule has 1 aromatic carbocycles. The minimum absolute atomic E-state index is 0.0726. The monoisotopic (exact) mass is 464 g/mol. The van der Waals surface area contributed by atoms with Gasteiger partial charge >= 0.3 is 12.1 Å². The van der Waals surface area contributed by atoms with E-state index in [1.54, 1.807) is 6.92 Å². The first-order valence-electron chi connectivity index (χ1n) is 8.61. The molecule has 2 aromatic rings. The summed E-state index contributed by atoms with van der Waals surface area (Å²) in [7, 11) is 0. The number of carbonyl (C=O) groups excluding carboxylic acids is 1.